The summed E-state index contributed by atoms with van der Waals surface area (Å²) in [6.07, 6.45) is 7.03. The summed E-state index contributed by atoms with van der Waals surface area (Å²) in [6.45, 7) is 11.8. The van der Waals surface area contributed by atoms with Gasteiger partial charge in [0.05, 0.1) is 4.91 Å². The van der Waals surface area contributed by atoms with Crippen LogP contribution in [-0.4, -0.2) is 47.3 Å². The maximum atomic E-state index is 13.0. The third-order valence-electron chi connectivity index (χ3n) is 5.73. The van der Waals surface area contributed by atoms with Gasteiger partial charge in [-0.05, 0) is 50.9 Å². The first-order valence-electron chi connectivity index (χ1n) is 10.2. The molecular weight excluding hydrogens is 374 g/mol. The summed E-state index contributed by atoms with van der Waals surface area (Å²) in [4.78, 5) is 40.3. The molecule has 1 aliphatic carbocycles. The number of carbonyl (C=O) groups excluding carboxylic acids is 3. The Morgan fingerprint density at radius 2 is 1.79 bits per heavy atom. The van der Waals surface area contributed by atoms with Gasteiger partial charge in [-0.3, -0.25) is 14.4 Å². The SMILES string of the molecule is C=CSC(=C)C(=O)NC(C(=O)N[C@@H](C)C(=O)N1CCCC1C)C1CCCCC1. The van der Waals surface area contributed by atoms with Crippen molar-refractivity contribution in [3.05, 3.63) is 23.5 Å². The number of rotatable bonds is 8. The fourth-order valence-corrected chi connectivity index (χ4v) is 4.48. The van der Waals surface area contributed by atoms with Crippen molar-refractivity contribution in [2.45, 2.75) is 76.9 Å². The quantitative estimate of drug-likeness (QED) is 0.607. The number of hydrogen-bond donors (Lipinski definition) is 2. The van der Waals surface area contributed by atoms with Gasteiger partial charge >= 0.3 is 0 Å². The van der Waals surface area contributed by atoms with Crippen LogP contribution in [0, 0.1) is 5.92 Å². The molecule has 2 fully saturated rings. The molecule has 0 aromatic heterocycles. The van der Waals surface area contributed by atoms with Crippen molar-refractivity contribution < 1.29 is 14.4 Å². The number of nitrogens with one attached hydrogen (secondary N) is 2. The molecule has 6 nitrogen and oxygen atoms in total. The van der Waals surface area contributed by atoms with Crippen LogP contribution in [0.5, 0.6) is 0 Å². The van der Waals surface area contributed by atoms with Gasteiger partial charge in [0.25, 0.3) is 5.91 Å². The minimum Gasteiger partial charge on any atom is -0.343 e. The molecular formula is C21H33N3O3S. The Hall–Kier alpha value is -1.76. The van der Waals surface area contributed by atoms with Gasteiger partial charge in [-0.1, -0.05) is 44.2 Å². The highest BCUT2D eigenvalue weighted by molar-refractivity contribution is 8.06. The van der Waals surface area contributed by atoms with Crippen LogP contribution in [0.25, 0.3) is 0 Å². The highest BCUT2D eigenvalue weighted by atomic mass is 32.2. The summed E-state index contributed by atoms with van der Waals surface area (Å²) in [5, 5.41) is 7.24. The van der Waals surface area contributed by atoms with E-state index in [0.717, 1.165) is 63.3 Å². The van der Waals surface area contributed by atoms with Crippen LogP contribution in [-0.2, 0) is 14.4 Å². The Morgan fingerprint density at radius 1 is 1.11 bits per heavy atom. The second kappa shape index (κ2) is 10.7. The number of nitrogens with zero attached hydrogens (tertiary/aromatic N) is 1. The molecule has 28 heavy (non-hydrogen) atoms. The van der Waals surface area contributed by atoms with Crippen LogP contribution in [0.3, 0.4) is 0 Å². The van der Waals surface area contributed by atoms with Gasteiger partial charge < -0.3 is 15.5 Å². The van der Waals surface area contributed by atoms with E-state index in [-0.39, 0.29) is 29.7 Å². The van der Waals surface area contributed by atoms with Crippen molar-refractivity contribution >= 4 is 29.5 Å². The predicted molar refractivity (Wildman–Crippen MR) is 113 cm³/mol. The van der Waals surface area contributed by atoms with Crippen LogP contribution < -0.4 is 10.6 Å². The van der Waals surface area contributed by atoms with Gasteiger partial charge in [-0.25, -0.2) is 0 Å². The zero-order chi connectivity index (χ0) is 20.7. The lowest BCUT2D eigenvalue weighted by Crippen LogP contribution is -2.56. The number of hydrogen-bond acceptors (Lipinski definition) is 4. The summed E-state index contributed by atoms with van der Waals surface area (Å²) in [5.74, 6) is -0.627. The van der Waals surface area contributed by atoms with Crippen molar-refractivity contribution in [2.75, 3.05) is 6.54 Å². The summed E-state index contributed by atoms with van der Waals surface area (Å²) < 4.78 is 0. The van der Waals surface area contributed by atoms with Crippen molar-refractivity contribution in [2.24, 2.45) is 5.92 Å². The molecule has 0 radical (unpaired) electrons. The Bertz CT molecular complexity index is 616. The van der Waals surface area contributed by atoms with E-state index >= 15 is 0 Å². The molecule has 2 aliphatic rings. The minimum absolute atomic E-state index is 0.0568. The van der Waals surface area contributed by atoms with Gasteiger partial charge in [0, 0.05) is 12.6 Å². The zero-order valence-electron chi connectivity index (χ0n) is 17.0. The van der Waals surface area contributed by atoms with E-state index < -0.39 is 12.1 Å². The van der Waals surface area contributed by atoms with Crippen LogP contribution in [0.4, 0.5) is 0 Å². The fraction of sp³-hybridized carbons (Fsp3) is 0.667. The molecule has 1 aliphatic heterocycles. The highest BCUT2D eigenvalue weighted by Crippen LogP contribution is 2.27. The Balaban J connectivity index is 2.04. The molecule has 3 amide bonds. The number of thioether (sulfide) groups is 1. The van der Waals surface area contributed by atoms with Crippen LogP contribution in [0.15, 0.2) is 23.5 Å². The Morgan fingerprint density at radius 3 is 2.36 bits per heavy atom. The third kappa shape index (κ3) is 5.87. The third-order valence-corrected chi connectivity index (χ3v) is 6.37. The van der Waals surface area contributed by atoms with Gasteiger partial charge in [-0.15, -0.1) is 0 Å². The molecule has 7 heteroatoms. The molecule has 1 saturated carbocycles. The van der Waals surface area contributed by atoms with Crippen molar-refractivity contribution in [1.82, 2.24) is 15.5 Å². The maximum absolute atomic E-state index is 13.0. The number of likely N-dealkylation sites (tertiary alicyclic amines) is 1. The molecule has 1 saturated heterocycles. The molecule has 2 N–H and O–H groups in total. The molecule has 2 rings (SSSR count). The number of amides is 3. The molecule has 2 unspecified atom stereocenters. The standard InChI is InChI=1S/C21H33N3O3S/c1-5-28-16(4)19(25)23-18(17-11-7-6-8-12-17)20(26)22-15(3)21(27)24-13-9-10-14(24)2/h5,14-15,17-18H,1,4,6-13H2,2-3H3,(H,22,26)(H,23,25)/t14?,15-,18?/m0/s1. The zero-order valence-corrected chi connectivity index (χ0v) is 17.9. The average molecular weight is 408 g/mol. The smallest absolute Gasteiger partial charge is 0.258 e. The monoisotopic (exact) mass is 407 g/mol. The van der Waals surface area contributed by atoms with Crippen LogP contribution in [0.2, 0.25) is 0 Å². The van der Waals surface area contributed by atoms with Gasteiger partial charge in [0.15, 0.2) is 0 Å². The van der Waals surface area contributed by atoms with Crippen LogP contribution >= 0.6 is 11.8 Å². The first-order chi connectivity index (χ1) is 13.3. The topological polar surface area (TPSA) is 78.5 Å². The maximum Gasteiger partial charge on any atom is 0.258 e. The lowest BCUT2D eigenvalue weighted by molar-refractivity contribution is -0.137. The fourth-order valence-electron chi connectivity index (χ4n) is 4.12. The Kier molecular flexibility index (Phi) is 8.60. The first-order valence-corrected chi connectivity index (χ1v) is 11.1. The average Bonchev–Trinajstić information content (AvgIpc) is 3.11. The molecule has 3 atom stereocenters. The summed E-state index contributed by atoms with van der Waals surface area (Å²) in [7, 11) is 0. The highest BCUT2D eigenvalue weighted by Gasteiger charge is 2.34. The minimum atomic E-state index is -0.652. The summed E-state index contributed by atoms with van der Waals surface area (Å²) in [6, 6.07) is -1.05. The molecule has 0 aromatic carbocycles. The lowest BCUT2D eigenvalue weighted by atomic mass is 9.83. The van der Waals surface area contributed by atoms with E-state index in [1.807, 2.05) is 11.8 Å². The lowest BCUT2D eigenvalue weighted by Gasteiger charge is -2.32. The van der Waals surface area contributed by atoms with Crippen LogP contribution in [0.1, 0.15) is 58.8 Å². The van der Waals surface area contributed by atoms with E-state index in [0.29, 0.717) is 4.91 Å². The van der Waals surface area contributed by atoms with Crippen molar-refractivity contribution in [1.29, 1.82) is 0 Å². The second-order valence-corrected chi connectivity index (χ2v) is 8.87. The van der Waals surface area contributed by atoms with E-state index in [1.165, 1.54) is 5.41 Å². The van der Waals surface area contributed by atoms with Crippen molar-refractivity contribution in [3.63, 3.8) is 0 Å². The van der Waals surface area contributed by atoms with E-state index in [4.69, 9.17) is 0 Å². The van der Waals surface area contributed by atoms with Crippen molar-refractivity contribution in [3.8, 4) is 0 Å². The predicted octanol–water partition coefficient (Wildman–Crippen LogP) is 2.96. The van der Waals surface area contributed by atoms with Gasteiger partial charge in [0.2, 0.25) is 11.8 Å². The largest absolute Gasteiger partial charge is 0.343 e. The first kappa shape index (κ1) is 22.5. The molecule has 0 bridgehead atoms. The van der Waals surface area contributed by atoms with E-state index in [1.54, 1.807) is 6.92 Å². The van der Waals surface area contributed by atoms with E-state index in [9.17, 15) is 14.4 Å². The molecule has 1 heterocycles. The van der Waals surface area contributed by atoms with Gasteiger partial charge in [0.1, 0.15) is 12.1 Å². The summed E-state index contributed by atoms with van der Waals surface area (Å²) in [5.41, 5.74) is 0. The van der Waals surface area contributed by atoms with Gasteiger partial charge in [-0.2, -0.15) is 0 Å². The normalized spacial score (nSPS) is 22.2. The second-order valence-electron chi connectivity index (χ2n) is 7.81. The Labute approximate surface area is 172 Å². The molecule has 0 aromatic rings. The molecule has 0 spiro atoms. The summed E-state index contributed by atoms with van der Waals surface area (Å²) >= 11 is 1.14. The number of carbonyl (C=O) groups is 3. The van der Waals surface area contributed by atoms with E-state index in [2.05, 4.69) is 23.8 Å². The molecule has 156 valence electrons.